The highest BCUT2D eigenvalue weighted by Crippen LogP contribution is 2.30. The fourth-order valence-electron chi connectivity index (χ4n) is 2.73. The van der Waals surface area contributed by atoms with Gasteiger partial charge in [0.15, 0.2) is 11.0 Å². The molecular weight excluding hydrogens is 366 g/mol. The Morgan fingerprint density at radius 1 is 1.12 bits per heavy atom. The number of halogens is 1. The second-order valence-electron chi connectivity index (χ2n) is 5.67. The molecule has 4 rings (SSSR count). The molecule has 26 heavy (non-hydrogen) atoms. The molecule has 3 heterocycles. The van der Waals surface area contributed by atoms with Crippen LogP contribution in [0.15, 0.2) is 72.7 Å². The van der Waals surface area contributed by atoms with Gasteiger partial charge in [0, 0.05) is 30.3 Å². The van der Waals surface area contributed by atoms with Crippen LogP contribution in [0.4, 0.5) is 0 Å². The largest absolute Gasteiger partial charge is 0.307 e. The summed E-state index contributed by atoms with van der Waals surface area (Å²) in [7, 11) is 0. The maximum atomic E-state index is 6.33. The molecule has 1 aromatic carbocycles. The normalized spacial score (nSPS) is 11.1. The lowest BCUT2D eigenvalue weighted by molar-refractivity contribution is 0.731. The van der Waals surface area contributed by atoms with E-state index in [1.165, 1.54) is 0 Å². The zero-order valence-corrected chi connectivity index (χ0v) is 15.5. The molecule has 5 nitrogen and oxygen atoms in total. The lowest BCUT2D eigenvalue weighted by Gasteiger charge is -2.08. The minimum atomic E-state index is 0.612. The van der Waals surface area contributed by atoms with E-state index in [-0.39, 0.29) is 0 Å². The van der Waals surface area contributed by atoms with E-state index in [0.29, 0.717) is 17.3 Å². The molecule has 0 unspecified atom stereocenters. The SMILES string of the molecule is C=CCn1c(SCc2cn3ccccc3n2)nnc1-c1ccccc1Cl. The molecule has 0 spiro atoms. The third kappa shape index (κ3) is 3.25. The number of thioether (sulfide) groups is 1. The van der Waals surface area contributed by atoms with Crippen LogP contribution in [-0.2, 0) is 12.3 Å². The number of nitrogens with zero attached hydrogens (tertiary/aromatic N) is 5. The smallest absolute Gasteiger partial charge is 0.192 e. The predicted octanol–water partition coefficient (Wildman–Crippen LogP) is 4.72. The van der Waals surface area contributed by atoms with Crippen LogP contribution in [0, 0.1) is 0 Å². The molecule has 7 heteroatoms. The number of pyridine rings is 1. The second-order valence-corrected chi connectivity index (χ2v) is 7.02. The fraction of sp³-hybridized carbons (Fsp3) is 0.105. The van der Waals surface area contributed by atoms with Crippen molar-refractivity contribution in [3.05, 3.63) is 78.2 Å². The van der Waals surface area contributed by atoms with Crippen LogP contribution in [0.3, 0.4) is 0 Å². The molecule has 3 aromatic heterocycles. The van der Waals surface area contributed by atoms with Gasteiger partial charge in [-0.1, -0.05) is 47.6 Å². The van der Waals surface area contributed by atoms with E-state index in [1.807, 2.05) is 69.9 Å². The van der Waals surface area contributed by atoms with Gasteiger partial charge in [0.1, 0.15) is 5.65 Å². The highest BCUT2D eigenvalue weighted by molar-refractivity contribution is 7.98. The molecule has 0 amide bonds. The standard InChI is InChI=1S/C19H16ClN5S/c1-2-10-25-18(15-7-3-4-8-16(15)20)22-23-19(25)26-13-14-12-24-11-6-5-9-17(24)21-14/h2-9,11-12H,1,10,13H2. The first-order chi connectivity index (χ1) is 12.8. The fourth-order valence-corrected chi connectivity index (χ4v) is 3.78. The van der Waals surface area contributed by atoms with Gasteiger partial charge < -0.3 is 4.40 Å². The van der Waals surface area contributed by atoms with Crippen molar-refractivity contribution < 1.29 is 0 Å². The summed E-state index contributed by atoms with van der Waals surface area (Å²) in [6, 6.07) is 13.6. The monoisotopic (exact) mass is 381 g/mol. The molecule has 0 fully saturated rings. The first-order valence-corrected chi connectivity index (χ1v) is 9.47. The number of fused-ring (bicyclic) bond motifs is 1. The van der Waals surface area contributed by atoms with E-state index in [2.05, 4.69) is 21.8 Å². The average molecular weight is 382 g/mol. The van der Waals surface area contributed by atoms with Crippen molar-refractivity contribution >= 4 is 29.0 Å². The maximum absolute atomic E-state index is 6.33. The molecule has 0 radical (unpaired) electrons. The number of hydrogen-bond donors (Lipinski definition) is 0. The number of hydrogen-bond acceptors (Lipinski definition) is 4. The zero-order chi connectivity index (χ0) is 17.9. The highest BCUT2D eigenvalue weighted by Gasteiger charge is 2.16. The number of aromatic nitrogens is 5. The van der Waals surface area contributed by atoms with Crippen LogP contribution in [-0.4, -0.2) is 24.1 Å². The van der Waals surface area contributed by atoms with Gasteiger partial charge >= 0.3 is 0 Å². The van der Waals surface area contributed by atoms with E-state index < -0.39 is 0 Å². The first kappa shape index (κ1) is 16.9. The Morgan fingerprint density at radius 3 is 2.77 bits per heavy atom. The predicted molar refractivity (Wildman–Crippen MR) is 105 cm³/mol. The summed E-state index contributed by atoms with van der Waals surface area (Å²) in [5.74, 6) is 1.45. The number of imidazole rings is 1. The van der Waals surface area contributed by atoms with E-state index in [4.69, 9.17) is 11.6 Å². The Hall–Kier alpha value is -2.57. The molecule has 0 atom stereocenters. The molecule has 0 aliphatic rings. The number of allylic oxidation sites excluding steroid dienone is 1. The number of rotatable bonds is 6. The van der Waals surface area contributed by atoms with Crippen LogP contribution >= 0.6 is 23.4 Å². The van der Waals surface area contributed by atoms with E-state index in [0.717, 1.165) is 27.9 Å². The Bertz CT molecular complexity index is 1040. The summed E-state index contributed by atoms with van der Waals surface area (Å²) >= 11 is 7.93. The van der Waals surface area contributed by atoms with Gasteiger partial charge in [0.05, 0.1) is 10.7 Å². The van der Waals surface area contributed by atoms with Crippen molar-refractivity contribution in [2.45, 2.75) is 17.5 Å². The average Bonchev–Trinajstić information content (AvgIpc) is 3.24. The van der Waals surface area contributed by atoms with Crippen LogP contribution in [0.1, 0.15) is 5.69 Å². The highest BCUT2D eigenvalue weighted by atomic mass is 35.5. The summed E-state index contributed by atoms with van der Waals surface area (Å²) in [6.07, 6.45) is 5.86. The Morgan fingerprint density at radius 2 is 1.96 bits per heavy atom. The van der Waals surface area contributed by atoms with Crippen molar-refractivity contribution in [3.63, 3.8) is 0 Å². The second kappa shape index (κ2) is 7.35. The summed E-state index contributed by atoms with van der Waals surface area (Å²) in [4.78, 5) is 4.63. The van der Waals surface area contributed by atoms with Crippen LogP contribution in [0.25, 0.3) is 17.0 Å². The van der Waals surface area contributed by atoms with Crippen molar-refractivity contribution in [2.75, 3.05) is 0 Å². The molecule has 0 saturated carbocycles. The summed E-state index contributed by atoms with van der Waals surface area (Å²) < 4.78 is 4.04. The van der Waals surface area contributed by atoms with Crippen LogP contribution < -0.4 is 0 Å². The van der Waals surface area contributed by atoms with Gasteiger partial charge in [0.2, 0.25) is 0 Å². The van der Waals surface area contributed by atoms with Gasteiger partial charge in [0.25, 0.3) is 0 Å². The van der Waals surface area contributed by atoms with Gasteiger partial charge in [-0.25, -0.2) is 4.98 Å². The van der Waals surface area contributed by atoms with Crippen molar-refractivity contribution in [1.82, 2.24) is 24.1 Å². The van der Waals surface area contributed by atoms with Gasteiger partial charge in [-0.05, 0) is 24.3 Å². The van der Waals surface area contributed by atoms with Crippen LogP contribution in [0.2, 0.25) is 5.02 Å². The Labute approximate surface area is 160 Å². The van der Waals surface area contributed by atoms with E-state index in [1.54, 1.807) is 11.8 Å². The van der Waals surface area contributed by atoms with Gasteiger partial charge in [-0.2, -0.15) is 0 Å². The molecule has 0 bridgehead atoms. The molecule has 4 aromatic rings. The maximum Gasteiger partial charge on any atom is 0.192 e. The summed E-state index contributed by atoms with van der Waals surface area (Å²) in [5.41, 5.74) is 2.80. The molecule has 0 N–H and O–H groups in total. The van der Waals surface area contributed by atoms with E-state index in [9.17, 15) is 0 Å². The van der Waals surface area contributed by atoms with Crippen LogP contribution in [0.5, 0.6) is 0 Å². The van der Waals surface area contributed by atoms with Gasteiger partial charge in [-0.3, -0.25) is 4.57 Å². The molecule has 130 valence electrons. The first-order valence-electron chi connectivity index (χ1n) is 8.10. The lowest BCUT2D eigenvalue weighted by Crippen LogP contribution is -2.01. The molecular formula is C19H16ClN5S. The molecule has 0 aliphatic heterocycles. The lowest BCUT2D eigenvalue weighted by atomic mass is 10.2. The van der Waals surface area contributed by atoms with Crippen molar-refractivity contribution in [3.8, 4) is 11.4 Å². The summed E-state index contributed by atoms with van der Waals surface area (Å²) in [5, 5.41) is 10.2. The third-order valence-corrected chi connectivity index (χ3v) is 5.24. The topological polar surface area (TPSA) is 48.0 Å². The molecule has 0 saturated heterocycles. The minimum absolute atomic E-state index is 0.612. The van der Waals surface area contributed by atoms with Crippen molar-refractivity contribution in [1.29, 1.82) is 0 Å². The van der Waals surface area contributed by atoms with Crippen molar-refractivity contribution in [2.24, 2.45) is 0 Å². The summed E-state index contributed by atoms with van der Waals surface area (Å²) in [6.45, 7) is 4.46. The minimum Gasteiger partial charge on any atom is -0.307 e. The zero-order valence-electron chi connectivity index (χ0n) is 13.9. The Balaban J connectivity index is 1.62. The number of benzene rings is 1. The van der Waals surface area contributed by atoms with E-state index >= 15 is 0 Å². The quantitative estimate of drug-likeness (QED) is 0.358. The van der Waals surface area contributed by atoms with Gasteiger partial charge in [-0.15, -0.1) is 16.8 Å². The Kier molecular flexibility index (Phi) is 4.77. The third-order valence-electron chi connectivity index (χ3n) is 3.91. The molecule has 0 aliphatic carbocycles.